The minimum absolute atomic E-state index is 0.173. The number of nitrogens with zero attached hydrogens (tertiary/aromatic N) is 4. The van der Waals surface area contributed by atoms with E-state index < -0.39 is 0 Å². The van der Waals surface area contributed by atoms with Crippen LogP contribution in [0.25, 0.3) is 5.65 Å². The molecule has 3 heterocycles. The van der Waals surface area contributed by atoms with Crippen LogP contribution in [0.4, 0.5) is 0 Å². The fraction of sp³-hybridized carbons (Fsp3) is 0.130. The van der Waals surface area contributed by atoms with Crippen molar-refractivity contribution in [3.8, 4) is 29.2 Å². The van der Waals surface area contributed by atoms with Gasteiger partial charge in [0.25, 0.3) is 5.56 Å². The highest BCUT2D eigenvalue weighted by molar-refractivity contribution is 5.45. The molecule has 8 heteroatoms. The molecule has 0 atom stereocenters. The van der Waals surface area contributed by atoms with Gasteiger partial charge in [0.2, 0.25) is 5.88 Å². The van der Waals surface area contributed by atoms with Crippen LogP contribution in [0.15, 0.2) is 65.8 Å². The number of hydrogen-bond acceptors (Lipinski definition) is 7. The minimum atomic E-state index is -0.173. The van der Waals surface area contributed by atoms with Crippen LogP contribution in [0, 0.1) is 18.3 Å². The molecule has 0 radical (unpaired) electrons. The molecular weight excluding hydrogens is 396 g/mol. The van der Waals surface area contributed by atoms with Gasteiger partial charge in [0, 0.05) is 17.8 Å². The molecule has 0 unspecified atom stereocenters. The minimum Gasteiger partial charge on any atom is -0.497 e. The Labute approximate surface area is 177 Å². The molecule has 0 saturated heterocycles. The van der Waals surface area contributed by atoms with E-state index >= 15 is 0 Å². The highest BCUT2D eigenvalue weighted by Gasteiger charge is 2.10. The van der Waals surface area contributed by atoms with Crippen LogP contribution in [0.5, 0.6) is 23.1 Å². The van der Waals surface area contributed by atoms with Crippen LogP contribution >= 0.6 is 0 Å². The summed E-state index contributed by atoms with van der Waals surface area (Å²) in [5.74, 6) is 1.73. The van der Waals surface area contributed by atoms with Crippen molar-refractivity contribution in [2.45, 2.75) is 13.5 Å². The summed E-state index contributed by atoms with van der Waals surface area (Å²) in [6.45, 7) is 1.95. The van der Waals surface area contributed by atoms with Crippen LogP contribution in [0.2, 0.25) is 0 Å². The molecule has 0 aliphatic rings. The van der Waals surface area contributed by atoms with E-state index in [0.29, 0.717) is 22.7 Å². The van der Waals surface area contributed by atoms with Crippen molar-refractivity contribution in [1.82, 2.24) is 14.4 Å². The fourth-order valence-corrected chi connectivity index (χ4v) is 2.90. The third-order valence-corrected chi connectivity index (χ3v) is 4.56. The predicted molar refractivity (Wildman–Crippen MR) is 113 cm³/mol. The van der Waals surface area contributed by atoms with Crippen molar-refractivity contribution in [1.29, 1.82) is 5.26 Å². The zero-order valence-electron chi connectivity index (χ0n) is 16.9. The second-order valence-electron chi connectivity index (χ2n) is 6.71. The Morgan fingerprint density at radius 3 is 2.55 bits per heavy atom. The Balaban J connectivity index is 1.52. The van der Waals surface area contributed by atoms with Gasteiger partial charge in [0.1, 0.15) is 41.1 Å². The molecule has 0 bridgehead atoms. The molecule has 3 aromatic heterocycles. The number of aromatic nitrogens is 3. The lowest BCUT2D eigenvalue weighted by molar-refractivity contribution is 0.292. The summed E-state index contributed by atoms with van der Waals surface area (Å²) in [5, 5.41) is 9.49. The highest BCUT2D eigenvalue weighted by Crippen LogP contribution is 2.26. The number of aryl methyl sites for hydroxylation is 1. The molecule has 4 aromatic rings. The van der Waals surface area contributed by atoms with Crippen molar-refractivity contribution in [3.05, 3.63) is 88.1 Å². The third-order valence-electron chi connectivity index (χ3n) is 4.56. The molecule has 0 saturated carbocycles. The average Bonchev–Trinajstić information content (AvgIpc) is 2.81. The molecule has 0 aliphatic carbocycles. The van der Waals surface area contributed by atoms with Gasteiger partial charge in [-0.25, -0.2) is 9.97 Å². The van der Waals surface area contributed by atoms with Crippen molar-refractivity contribution < 1.29 is 14.2 Å². The maximum Gasteiger partial charge on any atom is 0.260 e. The quantitative estimate of drug-likeness (QED) is 0.475. The maximum absolute atomic E-state index is 12.3. The topological polar surface area (TPSA) is 98.7 Å². The van der Waals surface area contributed by atoms with Gasteiger partial charge < -0.3 is 14.2 Å². The molecule has 1 aromatic carbocycles. The van der Waals surface area contributed by atoms with E-state index in [1.807, 2.05) is 24.3 Å². The predicted octanol–water partition coefficient (Wildman–Crippen LogP) is 3.65. The molecule has 0 aliphatic heterocycles. The number of benzene rings is 1. The molecule has 31 heavy (non-hydrogen) atoms. The summed E-state index contributed by atoms with van der Waals surface area (Å²) < 4.78 is 18.0. The standard InChI is InChI=1S/C23H18N4O4/c1-15-11-25-21-8-7-19(13-27(21)23(15)28)31-20-9-17(10-24)22(26-12-20)30-14-16-3-5-18(29-2)6-4-16/h3-9,11-13H,14H2,1-2H3. The first-order valence-corrected chi connectivity index (χ1v) is 9.39. The van der Waals surface area contributed by atoms with E-state index in [0.717, 1.165) is 11.3 Å². The van der Waals surface area contributed by atoms with Gasteiger partial charge in [0.15, 0.2) is 0 Å². The number of rotatable bonds is 6. The largest absolute Gasteiger partial charge is 0.497 e. The second kappa shape index (κ2) is 8.55. The maximum atomic E-state index is 12.3. The monoisotopic (exact) mass is 414 g/mol. The molecular formula is C23H18N4O4. The van der Waals surface area contributed by atoms with Gasteiger partial charge in [0.05, 0.1) is 19.5 Å². The lowest BCUT2D eigenvalue weighted by Crippen LogP contribution is -2.16. The lowest BCUT2D eigenvalue weighted by atomic mass is 10.2. The van der Waals surface area contributed by atoms with Gasteiger partial charge in [-0.15, -0.1) is 0 Å². The number of hydrogen-bond donors (Lipinski definition) is 0. The van der Waals surface area contributed by atoms with Crippen molar-refractivity contribution in [3.63, 3.8) is 0 Å². The van der Waals surface area contributed by atoms with Crippen LogP contribution < -0.4 is 19.8 Å². The van der Waals surface area contributed by atoms with Gasteiger partial charge >= 0.3 is 0 Å². The third kappa shape index (κ3) is 4.31. The zero-order valence-corrected chi connectivity index (χ0v) is 16.9. The molecule has 0 spiro atoms. The Morgan fingerprint density at radius 1 is 1.03 bits per heavy atom. The summed E-state index contributed by atoms with van der Waals surface area (Å²) >= 11 is 0. The van der Waals surface area contributed by atoms with E-state index in [-0.39, 0.29) is 23.6 Å². The zero-order chi connectivity index (χ0) is 21.8. The van der Waals surface area contributed by atoms with Gasteiger partial charge in [-0.2, -0.15) is 5.26 Å². The molecule has 0 fully saturated rings. The van der Waals surface area contributed by atoms with Crippen molar-refractivity contribution >= 4 is 5.65 Å². The first-order chi connectivity index (χ1) is 15.1. The number of fused-ring (bicyclic) bond motifs is 1. The van der Waals surface area contributed by atoms with Gasteiger partial charge in [-0.3, -0.25) is 9.20 Å². The van der Waals surface area contributed by atoms with Gasteiger partial charge in [-0.05, 0) is 36.8 Å². The summed E-state index contributed by atoms with van der Waals surface area (Å²) in [7, 11) is 1.60. The second-order valence-corrected chi connectivity index (χ2v) is 6.71. The van der Waals surface area contributed by atoms with Crippen molar-refractivity contribution in [2.75, 3.05) is 7.11 Å². The highest BCUT2D eigenvalue weighted by atomic mass is 16.5. The van der Waals surface area contributed by atoms with E-state index in [9.17, 15) is 10.1 Å². The fourth-order valence-electron chi connectivity index (χ4n) is 2.90. The van der Waals surface area contributed by atoms with Crippen LogP contribution in [-0.4, -0.2) is 21.5 Å². The number of ether oxygens (including phenoxy) is 3. The van der Waals surface area contributed by atoms with Gasteiger partial charge in [-0.1, -0.05) is 12.1 Å². The molecule has 0 N–H and O–H groups in total. The van der Waals surface area contributed by atoms with E-state index in [4.69, 9.17) is 14.2 Å². The molecule has 4 rings (SSSR count). The Bertz CT molecular complexity index is 1340. The summed E-state index contributed by atoms with van der Waals surface area (Å²) in [6.07, 6.45) is 4.55. The Morgan fingerprint density at radius 2 is 1.81 bits per heavy atom. The lowest BCUT2D eigenvalue weighted by Gasteiger charge is -2.10. The average molecular weight is 414 g/mol. The summed E-state index contributed by atoms with van der Waals surface area (Å²) in [5.41, 5.74) is 2.02. The normalized spacial score (nSPS) is 10.5. The molecule has 0 amide bonds. The number of nitriles is 1. The van der Waals surface area contributed by atoms with Crippen molar-refractivity contribution in [2.24, 2.45) is 0 Å². The Kier molecular flexibility index (Phi) is 5.49. The van der Waals surface area contributed by atoms with Crippen LogP contribution in [0.3, 0.4) is 0 Å². The number of pyridine rings is 2. The molecule has 154 valence electrons. The first-order valence-electron chi connectivity index (χ1n) is 9.39. The summed E-state index contributed by atoms with van der Waals surface area (Å²) in [4.78, 5) is 20.7. The smallest absolute Gasteiger partial charge is 0.260 e. The van der Waals surface area contributed by atoms with Crippen LogP contribution in [0.1, 0.15) is 16.7 Å². The summed E-state index contributed by atoms with van der Waals surface area (Å²) in [6, 6.07) is 14.4. The van der Waals surface area contributed by atoms with E-state index in [1.165, 1.54) is 22.9 Å². The van der Waals surface area contributed by atoms with E-state index in [1.54, 1.807) is 32.4 Å². The molecule has 8 nitrogen and oxygen atoms in total. The SMILES string of the molecule is COc1ccc(COc2ncc(Oc3ccc4ncc(C)c(=O)n4c3)cc2C#N)cc1. The number of methoxy groups -OCH3 is 1. The Hall–Kier alpha value is -4.38. The van der Waals surface area contributed by atoms with Crippen LogP contribution in [-0.2, 0) is 6.61 Å². The van der Waals surface area contributed by atoms with E-state index in [2.05, 4.69) is 16.0 Å². The first kappa shape index (κ1) is 19.9.